The summed E-state index contributed by atoms with van der Waals surface area (Å²) < 4.78 is 0.906. The van der Waals surface area contributed by atoms with Gasteiger partial charge < -0.3 is 10.2 Å². The molecule has 3 nitrogen and oxygen atoms in total. The smallest absolute Gasteiger partial charge is 0.335 e. The quantitative estimate of drug-likeness (QED) is 0.423. The van der Waals surface area contributed by atoms with Gasteiger partial charge in [0.2, 0.25) is 0 Å². The van der Waals surface area contributed by atoms with Crippen molar-refractivity contribution in [2.75, 3.05) is 6.61 Å². The largest absolute Gasteiger partial charge is 0.478 e. The lowest BCUT2D eigenvalue weighted by molar-refractivity contribution is 0.0696. The van der Waals surface area contributed by atoms with Gasteiger partial charge in [0.1, 0.15) is 0 Å². The van der Waals surface area contributed by atoms with E-state index in [0.717, 1.165) is 42.1 Å². The van der Waals surface area contributed by atoms with Crippen molar-refractivity contribution in [3.63, 3.8) is 0 Å². The van der Waals surface area contributed by atoms with Crippen molar-refractivity contribution < 1.29 is 15.0 Å². The van der Waals surface area contributed by atoms with E-state index in [2.05, 4.69) is 22.6 Å². The Bertz CT molecular complexity index is 391. The summed E-state index contributed by atoms with van der Waals surface area (Å²) in [5, 5.41) is 17.7. The number of unbranched alkanes of at least 4 members (excludes halogenated alkanes) is 3. The predicted molar refractivity (Wildman–Crippen MR) is 80.4 cm³/mol. The second-order valence-corrected chi connectivity index (χ2v) is 5.07. The van der Waals surface area contributed by atoms with Gasteiger partial charge in [-0.15, -0.1) is 0 Å². The molecule has 0 saturated heterocycles. The van der Waals surface area contributed by atoms with Crippen LogP contribution in [0.25, 0.3) is 0 Å². The predicted octanol–water partition coefficient (Wildman–Crippen LogP) is 3.42. The van der Waals surface area contributed by atoms with Crippen molar-refractivity contribution >= 4 is 28.6 Å². The van der Waals surface area contributed by atoms with Crippen molar-refractivity contribution in [1.82, 2.24) is 0 Å². The van der Waals surface area contributed by atoms with Gasteiger partial charge in [0.25, 0.3) is 0 Å². The van der Waals surface area contributed by atoms with E-state index >= 15 is 0 Å². The van der Waals surface area contributed by atoms with Crippen LogP contribution in [0.2, 0.25) is 0 Å². The van der Waals surface area contributed by atoms with Crippen LogP contribution < -0.4 is 0 Å². The second-order valence-electron chi connectivity index (χ2n) is 4.31. The maximum Gasteiger partial charge on any atom is 0.335 e. The number of aliphatic hydroxyl groups is 1. The third-order valence-electron chi connectivity index (χ3n) is 2.95. The molecule has 1 rings (SSSR count). The van der Waals surface area contributed by atoms with E-state index in [4.69, 9.17) is 10.2 Å². The Morgan fingerprint density at radius 2 is 1.83 bits per heavy atom. The summed E-state index contributed by atoms with van der Waals surface area (Å²) >= 11 is 2.30. The van der Waals surface area contributed by atoms with Gasteiger partial charge in [-0.3, -0.25) is 0 Å². The molecule has 0 aliphatic rings. The number of carboxylic acid groups (broad SMARTS) is 1. The standard InChI is InChI=1S/C14H19IO3/c15-10-13-7-6-12(14(17)18)9-11(13)5-3-1-2-4-8-16/h6-7,9,16H,1-5,8,10H2,(H,17,18). The highest BCUT2D eigenvalue weighted by Gasteiger charge is 2.07. The molecular formula is C14H19IO3. The number of carboxylic acids is 1. The van der Waals surface area contributed by atoms with E-state index in [0.29, 0.717) is 5.56 Å². The first-order chi connectivity index (χ1) is 8.69. The van der Waals surface area contributed by atoms with Crippen LogP contribution >= 0.6 is 22.6 Å². The first kappa shape index (κ1) is 15.4. The Kier molecular flexibility index (Phi) is 7.27. The maximum absolute atomic E-state index is 10.9. The number of rotatable bonds is 8. The summed E-state index contributed by atoms with van der Waals surface area (Å²) in [5.41, 5.74) is 2.74. The zero-order chi connectivity index (χ0) is 13.4. The molecule has 1 aromatic rings. The van der Waals surface area contributed by atoms with Gasteiger partial charge in [-0.1, -0.05) is 41.5 Å². The normalized spacial score (nSPS) is 10.6. The summed E-state index contributed by atoms with van der Waals surface area (Å²) in [6.07, 6.45) is 4.94. The van der Waals surface area contributed by atoms with E-state index in [1.54, 1.807) is 12.1 Å². The third-order valence-corrected chi connectivity index (χ3v) is 3.77. The highest BCUT2D eigenvalue weighted by atomic mass is 127. The molecule has 4 heteroatoms. The lowest BCUT2D eigenvalue weighted by Gasteiger charge is -2.08. The number of hydrogen-bond donors (Lipinski definition) is 2. The molecule has 0 spiro atoms. The number of aryl methyl sites for hydroxylation is 1. The molecule has 2 N–H and O–H groups in total. The second kappa shape index (κ2) is 8.48. The molecule has 0 atom stereocenters. The van der Waals surface area contributed by atoms with Gasteiger partial charge >= 0.3 is 5.97 Å². The van der Waals surface area contributed by atoms with Gasteiger partial charge in [-0.2, -0.15) is 0 Å². The molecule has 0 aromatic heterocycles. The summed E-state index contributed by atoms with van der Waals surface area (Å²) in [7, 11) is 0. The lowest BCUT2D eigenvalue weighted by atomic mass is 9.99. The Morgan fingerprint density at radius 1 is 1.11 bits per heavy atom. The van der Waals surface area contributed by atoms with E-state index in [-0.39, 0.29) is 6.61 Å². The highest BCUT2D eigenvalue weighted by molar-refractivity contribution is 14.1. The maximum atomic E-state index is 10.9. The van der Waals surface area contributed by atoms with Crippen molar-refractivity contribution in [3.8, 4) is 0 Å². The molecule has 0 aliphatic heterocycles. The van der Waals surface area contributed by atoms with Crippen LogP contribution in [0.5, 0.6) is 0 Å². The highest BCUT2D eigenvalue weighted by Crippen LogP contribution is 2.18. The van der Waals surface area contributed by atoms with Crippen LogP contribution in [0.3, 0.4) is 0 Å². The summed E-state index contributed by atoms with van der Waals surface area (Å²) in [6, 6.07) is 5.38. The van der Waals surface area contributed by atoms with Gasteiger partial charge in [-0.05, 0) is 42.5 Å². The molecule has 100 valence electrons. The average molecular weight is 362 g/mol. The Labute approximate surface area is 121 Å². The number of halogens is 1. The molecule has 0 radical (unpaired) electrons. The van der Waals surface area contributed by atoms with Gasteiger partial charge in [0, 0.05) is 11.0 Å². The fourth-order valence-corrected chi connectivity index (χ4v) is 2.65. The molecule has 1 aromatic carbocycles. The Morgan fingerprint density at radius 3 is 2.44 bits per heavy atom. The third kappa shape index (κ3) is 4.94. The average Bonchev–Trinajstić information content (AvgIpc) is 2.38. The molecule has 0 fully saturated rings. The minimum absolute atomic E-state index is 0.257. The summed E-state index contributed by atoms with van der Waals surface area (Å²) in [6.45, 7) is 0.257. The number of aromatic carboxylic acids is 1. The Hall–Kier alpha value is -0.620. The van der Waals surface area contributed by atoms with Crippen LogP contribution in [0.15, 0.2) is 18.2 Å². The minimum Gasteiger partial charge on any atom is -0.478 e. The molecule has 0 saturated carbocycles. The van der Waals surface area contributed by atoms with E-state index in [9.17, 15) is 4.79 Å². The Balaban J connectivity index is 2.61. The monoisotopic (exact) mass is 362 g/mol. The van der Waals surface area contributed by atoms with E-state index in [1.807, 2.05) is 6.07 Å². The first-order valence-electron chi connectivity index (χ1n) is 6.21. The number of hydrogen-bond acceptors (Lipinski definition) is 2. The number of aliphatic hydroxyl groups excluding tert-OH is 1. The molecular weight excluding hydrogens is 343 g/mol. The fraction of sp³-hybridized carbons (Fsp3) is 0.500. The van der Waals surface area contributed by atoms with Crippen LogP contribution in [0.1, 0.15) is 47.2 Å². The molecule has 0 amide bonds. The van der Waals surface area contributed by atoms with Crippen molar-refractivity contribution in [1.29, 1.82) is 0 Å². The van der Waals surface area contributed by atoms with Crippen LogP contribution in [-0.2, 0) is 10.8 Å². The van der Waals surface area contributed by atoms with Gasteiger partial charge in [0.05, 0.1) is 5.56 Å². The summed E-state index contributed by atoms with van der Waals surface area (Å²) in [5.74, 6) is -0.864. The molecule has 18 heavy (non-hydrogen) atoms. The molecule has 0 aliphatic carbocycles. The molecule has 0 heterocycles. The van der Waals surface area contributed by atoms with E-state index < -0.39 is 5.97 Å². The SMILES string of the molecule is O=C(O)c1ccc(CI)c(CCCCCCO)c1. The van der Waals surface area contributed by atoms with Crippen LogP contribution in [-0.4, -0.2) is 22.8 Å². The number of carbonyl (C=O) groups is 1. The minimum atomic E-state index is -0.864. The van der Waals surface area contributed by atoms with Crippen molar-refractivity contribution in [3.05, 3.63) is 34.9 Å². The first-order valence-corrected chi connectivity index (χ1v) is 7.73. The van der Waals surface area contributed by atoms with Crippen LogP contribution in [0.4, 0.5) is 0 Å². The zero-order valence-electron chi connectivity index (χ0n) is 10.4. The van der Waals surface area contributed by atoms with Crippen molar-refractivity contribution in [2.45, 2.75) is 36.5 Å². The lowest BCUT2D eigenvalue weighted by Crippen LogP contribution is -2.00. The van der Waals surface area contributed by atoms with Gasteiger partial charge in [0.15, 0.2) is 0 Å². The topological polar surface area (TPSA) is 57.5 Å². The summed E-state index contributed by atoms with van der Waals surface area (Å²) in [4.78, 5) is 10.9. The van der Waals surface area contributed by atoms with E-state index in [1.165, 1.54) is 5.56 Å². The fourth-order valence-electron chi connectivity index (χ4n) is 1.90. The molecule has 0 unspecified atom stereocenters. The number of benzene rings is 1. The molecule has 0 bridgehead atoms. The van der Waals surface area contributed by atoms with Crippen LogP contribution in [0, 0.1) is 0 Å². The zero-order valence-corrected chi connectivity index (χ0v) is 12.5. The van der Waals surface area contributed by atoms with Gasteiger partial charge in [-0.25, -0.2) is 4.79 Å². The van der Waals surface area contributed by atoms with Crippen molar-refractivity contribution in [2.24, 2.45) is 0 Å². The number of alkyl halides is 1.